The van der Waals surface area contributed by atoms with Crippen molar-refractivity contribution in [3.8, 4) is 5.69 Å². The summed E-state index contributed by atoms with van der Waals surface area (Å²) < 4.78 is 1.68. The summed E-state index contributed by atoms with van der Waals surface area (Å²) in [7, 11) is 0. The highest BCUT2D eigenvalue weighted by atomic mass is 32.2. The van der Waals surface area contributed by atoms with Gasteiger partial charge in [-0.2, -0.15) is 16.9 Å². The number of carbonyl (C=O) groups excluding carboxylic acids is 1. The average molecular weight is 302 g/mol. The van der Waals surface area contributed by atoms with E-state index >= 15 is 0 Å². The summed E-state index contributed by atoms with van der Waals surface area (Å²) in [4.78, 5) is 12.1. The van der Waals surface area contributed by atoms with Gasteiger partial charge in [0.15, 0.2) is 5.69 Å². The van der Waals surface area contributed by atoms with Gasteiger partial charge in [0.2, 0.25) is 0 Å². The molecule has 1 unspecified atom stereocenters. The van der Waals surface area contributed by atoms with E-state index in [1.165, 1.54) is 12.2 Å². The van der Waals surface area contributed by atoms with Crippen molar-refractivity contribution in [2.75, 3.05) is 23.8 Å². The molecular formula is C15H18N4OS. The number of amides is 1. The number of thioether (sulfide) groups is 1. The molecule has 0 saturated carbocycles. The molecule has 0 radical (unpaired) electrons. The van der Waals surface area contributed by atoms with Gasteiger partial charge in [-0.15, -0.1) is 0 Å². The molecule has 0 spiro atoms. The number of hydrogen-bond donors (Lipinski definition) is 2. The van der Waals surface area contributed by atoms with E-state index in [9.17, 15) is 4.79 Å². The normalized spacial score (nSPS) is 17.8. The number of nitrogens with zero attached hydrogens (tertiary/aromatic N) is 2. The number of benzene rings is 1. The lowest BCUT2D eigenvalue weighted by atomic mass is 10.1. The Bertz CT molecular complexity index is 617. The number of carbonyl (C=O) groups is 1. The molecule has 3 rings (SSSR count). The molecule has 1 aromatic heterocycles. The van der Waals surface area contributed by atoms with Crippen LogP contribution in [0.15, 0.2) is 36.5 Å². The standard InChI is InChI=1S/C15H18N4OS/c16-12-1-3-13(4-2-12)19-7-5-14(18-19)15(20)17-9-11-6-8-21-10-11/h1-5,7,11H,6,8-10,16H2,(H,17,20). The van der Waals surface area contributed by atoms with E-state index in [0.717, 1.165) is 18.0 Å². The maximum absolute atomic E-state index is 12.1. The number of hydrogen-bond acceptors (Lipinski definition) is 4. The molecule has 3 N–H and O–H groups in total. The van der Waals surface area contributed by atoms with E-state index in [4.69, 9.17) is 5.73 Å². The van der Waals surface area contributed by atoms with E-state index in [0.29, 0.717) is 17.3 Å². The summed E-state index contributed by atoms with van der Waals surface area (Å²) >= 11 is 1.95. The van der Waals surface area contributed by atoms with E-state index in [-0.39, 0.29) is 5.91 Å². The second kappa shape index (κ2) is 6.22. The lowest BCUT2D eigenvalue weighted by molar-refractivity contribution is 0.0943. The van der Waals surface area contributed by atoms with Gasteiger partial charge in [0.1, 0.15) is 0 Å². The molecule has 1 amide bonds. The van der Waals surface area contributed by atoms with Crippen LogP contribution in [0.25, 0.3) is 5.69 Å². The minimum atomic E-state index is -0.110. The summed E-state index contributed by atoms with van der Waals surface area (Å²) in [5.74, 6) is 2.83. The van der Waals surface area contributed by atoms with Crippen LogP contribution < -0.4 is 11.1 Å². The zero-order chi connectivity index (χ0) is 14.7. The van der Waals surface area contributed by atoms with Crippen LogP contribution in [0.2, 0.25) is 0 Å². The van der Waals surface area contributed by atoms with Crippen molar-refractivity contribution in [1.82, 2.24) is 15.1 Å². The smallest absolute Gasteiger partial charge is 0.271 e. The Labute approximate surface area is 127 Å². The highest BCUT2D eigenvalue weighted by Gasteiger charge is 2.17. The van der Waals surface area contributed by atoms with Crippen LogP contribution in [-0.2, 0) is 0 Å². The molecule has 0 aliphatic carbocycles. The second-order valence-electron chi connectivity index (χ2n) is 5.18. The highest BCUT2D eigenvalue weighted by Crippen LogP contribution is 2.22. The van der Waals surface area contributed by atoms with Crippen molar-refractivity contribution in [3.63, 3.8) is 0 Å². The van der Waals surface area contributed by atoms with Crippen LogP contribution in [0.1, 0.15) is 16.9 Å². The molecule has 1 aliphatic heterocycles. The highest BCUT2D eigenvalue weighted by molar-refractivity contribution is 7.99. The molecule has 6 heteroatoms. The van der Waals surface area contributed by atoms with Crippen molar-refractivity contribution >= 4 is 23.4 Å². The van der Waals surface area contributed by atoms with Gasteiger partial charge in [-0.25, -0.2) is 4.68 Å². The summed E-state index contributed by atoms with van der Waals surface area (Å²) in [6.45, 7) is 0.737. The molecule has 1 fully saturated rings. The van der Waals surface area contributed by atoms with Crippen molar-refractivity contribution in [1.29, 1.82) is 0 Å². The van der Waals surface area contributed by atoms with Gasteiger partial charge in [0.05, 0.1) is 5.69 Å². The number of nitrogen functional groups attached to an aromatic ring is 1. The fourth-order valence-electron chi connectivity index (χ4n) is 2.29. The fraction of sp³-hybridized carbons (Fsp3) is 0.333. The summed E-state index contributed by atoms with van der Waals surface area (Å²) in [5, 5.41) is 7.28. The molecule has 2 aromatic rings. The first-order chi connectivity index (χ1) is 10.2. The maximum atomic E-state index is 12.1. The van der Waals surface area contributed by atoms with Crippen molar-refractivity contribution in [2.24, 2.45) is 5.92 Å². The number of aromatic nitrogens is 2. The van der Waals surface area contributed by atoms with Crippen LogP contribution in [0, 0.1) is 5.92 Å². The number of nitrogens with one attached hydrogen (secondary N) is 1. The third-order valence-electron chi connectivity index (χ3n) is 3.55. The average Bonchev–Trinajstić information content (AvgIpc) is 3.17. The molecular weight excluding hydrogens is 284 g/mol. The molecule has 1 aliphatic rings. The Morgan fingerprint density at radius 1 is 1.38 bits per heavy atom. The predicted octanol–water partition coefficient (Wildman–Crippen LogP) is 1.94. The maximum Gasteiger partial charge on any atom is 0.271 e. The Morgan fingerprint density at radius 2 is 2.19 bits per heavy atom. The first kappa shape index (κ1) is 14.0. The summed E-state index contributed by atoms with van der Waals surface area (Å²) in [6.07, 6.45) is 2.97. The van der Waals surface area contributed by atoms with Gasteiger partial charge < -0.3 is 11.1 Å². The van der Waals surface area contributed by atoms with E-state index < -0.39 is 0 Å². The number of nitrogens with two attached hydrogens (primary N) is 1. The summed E-state index contributed by atoms with van der Waals surface area (Å²) in [6, 6.07) is 9.11. The Kier molecular flexibility index (Phi) is 4.15. The molecule has 2 heterocycles. The van der Waals surface area contributed by atoms with Gasteiger partial charge in [0.25, 0.3) is 5.91 Å². The predicted molar refractivity (Wildman–Crippen MR) is 85.7 cm³/mol. The van der Waals surface area contributed by atoms with Crippen molar-refractivity contribution in [2.45, 2.75) is 6.42 Å². The van der Waals surface area contributed by atoms with Gasteiger partial charge in [0, 0.05) is 18.4 Å². The lowest BCUT2D eigenvalue weighted by Crippen LogP contribution is -2.29. The van der Waals surface area contributed by atoms with Crippen LogP contribution in [0.5, 0.6) is 0 Å². The fourth-order valence-corrected chi connectivity index (χ4v) is 3.57. The zero-order valence-electron chi connectivity index (χ0n) is 11.7. The molecule has 110 valence electrons. The van der Waals surface area contributed by atoms with Crippen LogP contribution in [0.4, 0.5) is 5.69 Å². The zero-order valence-corrected chi connectivity index (χ0v) is 12.5. The number of anilines is 1. The van der Waals surface area contributed by atoms with Gasteiger partial charge in [-0.05, 0) is 54.2 Å². The molecule has 5 nitrogen and oxygen atoms in total. The van der Waals surface area contributed by atoms with Gasteiger partial charge >= 0.3 is 0 Å². The Morgan fingerprint density at radius 3 is 2.90 bits per heavy atom. The number of rotatable bonds is 4. The van der Waals surface area contributed by atoms with E-state index in [1.807, 2.05) is 36.0 Å². The Balaban J connectivity index is 1.63. The Hall–Kier alpha value is -1.95. The second-order valence-corrected chi connectivity index (χ2v) is 6.33. The monoisotopic (exact) mass is 302 g/mol. The van der Waals surface area contributed by atoms with Crippen LogP contribution in [0.3, 0.4) is 0 Å². The topological polar surface area (TPSA) is 72.9 Å². The molecule has 1 atom stereocenters. The molecule has 1 saturated heterocycles. The first-order valence-electron chi connectivity index (χ1n) is 7.00. The molecule has 0 bridgehead atoms. The largest absolute Gasteiger partial charge is 0.399 e. The minimum Gasteiger partial charge on any atom is -0.399 e. The van der Waals surface area contributed by atoms with E-state index in [1.54, 1.807) is 16.9 Å². The first-order valence-corrected chi connectivity index (χ1v) is 8.15. The van der Waals surface area contributed by atoms with Crippen LogP contribution in [-0.4, -0.2) is 33.7 Å². The molecule has 1 aromatic carbocycles. The van der Waals surface area contributed by atoms with Crippen molar-refractivity contribution in [3.05, 3.63) is 42.2 Å². The lowest BCUT2D eigenvalue weighted by Gasteiger charge is -2.08. The third kappa shape index (κ3) is 3.39. The van der Waals surface area contributed by atoms with Gasteiger partial charge in [-0.1, -0.05) is 0 Å². The van der Waals surface area contributed by atoms with Crippen molar-refractivity contribution < 1.29 is 4.79 Å². The minimum absolute atomic E-state index is 0.110. The van der Waals surface area contributed by atoms with Crippen LogP contribution >= 0.6 is 11.8 Å². The third-order valence-corrected chi connectivity index (χ3v) is 4.79. The quantitative estimate of drug-likeness (QED) is 0.847. The SMILES string of the molecule is Nc1ccc(-n2ccc(C(=O)NCC3CCSC3)n2)cc1. The molecule has 21 heavy (non-hydrogen) atoms. The summed E-state index contributed by atoms with van der Waals surface area (Å²) in [5.41, 5.74) is 7.70. The van der Waals surface area contributed by atoms with E-state index in [2.05, 4.69) is 10.4 Å². The van der Waals surface area contributed by atoms with Gasteiger partial charge in [-0.3, -0.25) is 4.79 Å².